The first-order valence-electron chi connectivity index (χ1n) is 8.90. The Labute approximate surface area is 178 Å². The molecule has 1 aromatic carbocycles. The number of rotatable bonds is 7. The molecular formula is C19H16F3N5O5. The van der Waals surface area contributed by atoms with E-state index >= 15 is 0 Å². The number of carbonyl (C=O) groups is 2. The number of ether oxygens (including phenoxy) is 1. The Balaban J connectivity index is 1.59. The number of pyridine rings is 1. The minimum Gasteiger partial charge on any atom is -0.443 e. The average molecular weight is 451 g/mol. The Morgan fingerprint density at radius 2 is 1.81 bits per heavy atom. The third-order valence-corrected chi connectivity index (χ3v) is 4.07. The molecule has 2 heterocycles. The number of benzene rings is 1. The van der Waals surface area contributed by atoms with Crippen LogP contribution in [-0.2, 0) is 28.9 Å². The largest absolute Gasteiger partial charge is 0.471 e. The first-order chi connectivity index (χ1) is 15.2. The lowest BCUT2D eigenvalue weighted by molar-refractivity contribution is -0.159. The van der Waals surface area contributed by atoms with Gasteiger partial charge in [-0.15, -0.1) is 0 Å². The van der Waals surface area contributed by atoms with E-state index in [1.807, 2.05) is 0 Å². The molecule has 0 unspecified atom stereocenters. The highest BCUT2D eigenvalue weighted by Crippen LogP contribution is 2.29. The number of nitrogens with zero attached hydrogens (tertiary/aromatic N) is 4. The van der Waals surface area contributed by atoms with Crippen molar-refractivity contribution in [2.24, 2.45) is 5.73 Å². The van der Waals surface area contributed by atoms with E-state index < -0.39 is 24.1 Å². The smallest absolute Gasteiger partial charge is 0.443 e. The molecule has 0 bridgehead atoms. The van der Waals surface area contributed by atoms with Gasteiger partial charge in [0, 0.05) is 17.3 Å². The average Bonchev–Trinajstić information content (AvgIpc) is 3.27. The molecule has 168 valence electrons. The molecule has 32 heavy (non-hydrogen) atoms. The normalized spacial score (nSPS) is 11.2. The molecule has 3 aromatic rings. The summed E-state index contributed by atoms with van der Waals surface area (Å²) in [5.74, 6) is -2.34. The Kier molecular flexibility index (Phi) is 6.68. The van der Waals surface area contributed by atoms with E-state index in [0.29, 0.717) is 16.7 Å². The molecule has 0 aliphatic heterocycles. The molecule has 0 saturated carbocycles. The maximum Gasteiger partial charge on any atom is 0.471 e. The van der Waals surface area contributed by atoms with Crippen LogP contribution in [0.5, 0.6) is 0 Å². The molecule has 13 heteroatoms. The van der Waals surface area contributed by atoms with Crippen LogP contribution < -0.4 is 5.73 Å². The first-order valence-corrected chi connectivity index (χ1v) is 8.90. The second-order valence-corrected chi connectivity index (χ2v) is 6.31. The van der Waals surface area contributed by atoms with Crippen molar-refractivity contribution < 1.29 is 36.9 Å². The van der Waals surface area contributed by atoms with Gasteiger partial charge in [0.15, 0.2) is 0 Å². The van der Waals surface area contributed by atoms with Crippen LogP contribution in [0, 0.1) is 0 Å². The van der Waals surface area contributed by atoms with Crippen molar-refractivity contribution >= 4 is 12.0 Å². The first kappa shape index (κ1) is 22.7. The SMILES string of the molecule is CON(Cc1ccc(-c2noc(C(F)(F)F)n2)cc1)C(=O)OCc1ccc(C(N)=O)nc1. The van der Waals surface area contributed by atoms with Gasteiger partial charge in [0.1, 0.15) is 12.3 Å². The van der Waals surface area contributed by atoms with Crippen LogP contribution in [0.25, 0.3) is 11.4 Å². The van der Waals surface area contributed by atoms with Gasteiger partial charge in [-0.3, -0.25) is 14.6 Å². The van der Waals surface area contributed by atoms with Crippen LogP contribution in [0.3, 0.4) is 0 Å². The predicted molar refractivity (Wildman–Crippen MR) is 100 cm³/mol. The van der Waals surface area contributed by atoms with Crippen molar-refractivity contribution in [1.29, 1.82) is 0 Å². The van der Waals surface area contributed by atoms with Crippen LogP contribution >= 0.6 is 0 Å². The molecule has 10 nitrogen and oxygen atoms in total. The maximum atomic E-state index is 12.6. The van der Waals surface area contributed by atoms with Gasteiger partial charge >= 0.3 is 18.2 Å². The van der Waals surface area contributed by atoms with Gasteiger partial charge in [-0.2, -0.15) is 23.2 Å². The van der Waals surface area contributed by atoms with E-state index in [1.165, 1.54) is 31.5 Å². The van der Waals surface area contributed by atoms with Crippen molar-refractivity contribution in [2.75, 3.05) is 7.11 Å². The van der Waals surface area contributed by atoms with Gasteiger partial charge in [-0.25, -0.2) is 4.79 Å². The molecule has 0 atom stereocenters. The van der Waals surface area contributed by atoms with Crippen molar-refractivity contribution in [3.63, 3.8) is 0 Å². The standard InChI is InChI=1S/C19H16F3N5O5/c1-30-27(18(29)31-10-12-4-7-14(15(23)28)24-8-12)9-11-2-5-13(6-3-11)16-25-17(32-26-16)19(20,21)22/h2-8H,9-10H2,1H3,(H2,23,28). The van der Waals surface area contributed by atoms with E-state index in [-0.39, 0.29) is 24.7 Å². The number of hydrogen-bond donors (Lipinski definition) is 1. The molecule has 2 aromatic heterocycles. The van der Waals surface area contributed by atoms with E-state index in [4.69, 9.17) is 15.3 Å². The molecule has 3 rings (SSSR count). The number of primary amides is 1. The minimum absolute atomic E-state index is 0.00543. The number of halogens is 3. The summed E-state index contributed by atoms with van der Waals surface area (Å²) in [6.07, 6.45) is -4.17. The molecule has 2 amide bonds. The summed E-state index contributed by atoms with van der Waals surface area (Å²) in [6.45, 7) is -0.127. The zero-order valence-corrected chi connectivity index (χ0v) is 16.5. The molecule has 0 aliphatic carbocycles. The van der Waals surface area contributed by atoms with Gasteiger partial charge in [-0.1, -0.05) is 35.5 Å². The monoisotopic (exact) mass is 451 g/mol. The number of hydrogen-bond acceptors (Lipinski definition) is 8. The van der Waals surface area contributed by atoms with Gasteiger partial charge in [0.25, 0.3) is 5.91 Å². The number of aromatic nitrogens is 3. The van der Waals surface area contributed by atoms with Crippen molar-refractivity contribution in [2.45, 2.75) is 19.3 Å². The third-order valence-electron chi connectivity index (χ3n) is 4.07. The maximum absolute atomic E-state index is 12.6. The highest BCUT2D eigenvalue weighted by Gasteiger charge is 2.38. The van der Waals surface area contributed by atoms with Crippen molar-refractivity contribution in [1.82, 2.24) is 20.2 Å². The number of hydroxylamine groups is 2. The summed E-state index contributed by atoms with van der Waals surface area (Å²) in [7, 11) is 1.27. The van der Waals surface area contributed by atoms with Gasteiger partial charge in [0.2, 0.25) is 5.82 Å². The minimum atomic E-state index is -4.73. The topological polar surface area (TPSA) is 134 Å². The summed E-state index contributed by atoms with van der Waals surface area (Å²) >= 11 is 0. The zero-order chi connectivity index (χ0) is 23.3. The van der Waals surface area contributed by atoms with E-state index in [1.54, 1.807) is 18.2 Å². The van der Waals surface area contributed by atoms with E-state index in [0.717, 1.165) is 5.06 Å². The summed E-state index contributed by atoms with van der Waals surface area (Å²) in [5, 5.41) is 4.25. The lowest BCUT2D eigenvalue weighted by atomic mass is 10.1. The molecular weight excluding hydrogens is 435 g/mol. The van der Waals surface area contributed by atoms with Crippen LogP contribution in [0.4, 0.5) is 18.0 Å². The molecule has 0 fully saturated rings. The number of alkyl halides is 3. The highest BCUT2D eigenvalue weighted by molar-refractivity contribution is 5.90. The van der Waals surface area contributed by atoms with Gasteiger partial charge in [0.05, 0.1) is 13.7 Å². The Morgan fingerprint density at radius 1 is 1.12 bits per heavy atom. The fraction of sp³-hybridized carbons (Fsp3) is 0.211. The number of nitrogens with two attached hydrogens (primary N) is 1. The van der Waals surface area contributed by atoms with Crippen LogP contribution in [0.2, 0.25) is 0 Å². The van der Waals surface area contributed by atoms with E-state index in [2.05, 4.69) is 19.6 Å². The lowest BCUT2D eigenvalue weighted by Crippen LogP contribution is -2.30. The number of amides is 2. The van der Waals surface area contributed by atoms with Crippen molar-refractivity contribution in [3.8, 4) is 11.4 Å². The Bertz CT molecular complexity index is 1080. The zero-order valence-electron chi connectivity index (χ0n) is 16.5. The summed E-state index contributed by atoms with van der Waals surface area (Å²) in [4.78, 5) is 35.5. The summed E-state index contributed by atoms with van der Waals surface area (Å²) in [6, 6.07) is 9.02. The van der Waals surface area contributed by atoms with Gasteiger partial charge < -0.3 is 15.0 Å². The van der Waals surface area contributed by atoms with Crippen LogP contribution in [0.15, 0.2) is 47.1 Å². The fourth-order valence-corrected chi connectivity index (χ4v) is 2.46. The third kappa shape index (κ3) is 5.57. The highest BCUT2D eigenvalue weighted by atomic mass is 19.4. The second-order valence-electron chi connectivity index (χ2n) is 6.31. The summed E-state index contributed by atoms with van der Waals surface area (Å²) in [5.41, 5.74) is 6.62. The molecule has 0 radical (unpaired) electrons. The van der Waals surface area contributed by atoms with E-state index in [9.17, 15) is 22.8 Å². The summed E-state index contributed by atoms with van der Waals surface area (Å²) < 4.78 is 47.1. The van der Waals surface area contributed by atoms with Gasteiger partial charge in [-0.05, 0) is 11.6 Å². The fourth-order valence-electron chi connectivity index (χ4n) is 2.46. The molecule has 0 saturated heterocycles. The van der Waals surface area contributed by atoms with Crippen molar-refractivity contribution in [3.05, 3.63) is 65.3 Å². The van der Waals surface area contributed by atoms with Crippen LogP contribution in [-0.4, -0.2) is 39.3 Å². The lowest BCUT2D eigenvalue weighted by Gasteiger charge is -2.19. The number of carbonyl (C=O) groups excluding carboxylic acids is 2. The quantitative estimate of drug-likeness (QED) is 0.542. The molecule has 0 aliphatic rings. The molecule has 2 N–H and O–H groups in total. The van der Waals surface area contributed by atoms with Crippen LogP contribution in [0.1, 0.15) is 27.5 Å². The Hall–Kier alpha value is -4.00. The molecule has 0 spiro atoms. The second kappa shape index (κ2) is 9.43. The Morgan fingerprint density at radius 3 is 2.34 bits per heavy atom. The predicted octanol–water partition coefficient (Wildman–Crippen LogP) is 2.95.